The average molecular weight is 217 g/mol. The summed E-state index contributed by atoms with van der Waals surface area (Å²) in [7, 11) is 1.61. The molecule has 0 radical (unpaired) electrons. The van der Waals surface area contributed by atoms with Crippen LogP contribution in [0.15, 0.2) is 36.8 Å². The number of methoxy groups -OCH3 is 1. The number of primary amides is 1. The number of carbonyl (C=O) groups excluding carboxylic acids is 1. The standard InChI is InChI=1S/C11H11N3O2/c1-16-9-4-2-8(3-5-9)14-6-10(11(12)15)13-7-14/h2-7H,1H3,(H2,12,15). The van der Waals surface area contributed by atoms with Crippen LogP contribution in [0.1, 0.15) is 10.5 Å². The lowest BCUT2D eigenvalue weighted by molar-refractivity contribution is 0.0996. The third-order valence-corrected chi connectivity index (χ3v) is 2.21. The van der Waals surface area contributed by atoms with Gasteiger partial charge in [0.15, 0.2) is 0 Å². The number of nitrogens with two attached hydrogens (primary N) is 1. The van der Waals surface area contributed by atoms with Gasteiger partial charge in [-0.2, -0.15) is 0 Å². The van der Waals surface area contributed by atoms with Crippen molar-refractivity contribution < 1.29 is 9.53 Å². The highest BCUT2D eigenvalue weighted by Gasteiger charge is 2.05. The molecule has 5 heteroatoms. The maximum atomic E-state index is 10.9. The Morgan fingerprint density at radius 1 is 1.38 bits per heavy atom. The minimum atomic E-state index is -0.535. The van der Waals surface area contributed by atoms with Gasteiger partial charge in [0.1, 0.15) is 17.8 Å². The van der Waals surface area contributed by atoms with Crippen LogP contribution in [0.2, 0.25) is 0 Å². The molecule has 0 bridgehead atoms. The van der Waals surface area contributed by atoms with E-state index in [1.54, 1.807) is 24.2 Å². The molecule has 0 atom stereocenters. The van der Waals surface area contributed by atoms with Crippen molar-refractivity contribution in [3.63, 3.8) is 0 Å². The fraction of sp³-hybridized carbons (Fsp3) is 0.0909. The number of aromatic nitrogens is 2. The molecule has 0 spiro atoms. The first kappa shape index (κ1) is 10.2. The summed E-state index contributed by atoms with van der Waals surface area (Å²) in [5.74, 6) is 0.242. The molecule has 5 nitrogen and oxygen atoms in total. The second-order valence-corrected chi connectivity index (χ2v) is 3.23. The van der Waals surface area contributed by atoms with E-state index in [2.05, 4.69) is 4.98 Å². The Kier molecular flexibility index (Phi) is 2.59. The first-order valence-electron chi connectivity index (χ1n) is 4.69. The first-order chi connectivity index (χ1) is 7.70. The molecule has 0 saturated heterocycles. The quantitative estimate of drug-likeness (QED) is 0.833. The number of hydrogen-bond donors (Lipinski definition) is 1. The van der Waals surface area contributed by atoms with Crippen LogP contribution in [0.5, 0.6) is 5.75 Å². The summed E-state index contributed by atoms with van der Waals surface area (Å²) in [6.07, 6.45) is 3.13. The zero-order valence-corrected chi connectivity index (χ0v) is 8.75. The van der Waals surface area contributed by atoms with Crippen molar-refractivity contribution in [1.82, 2.24) is 9.55 Å². The van der Waals surface area contributed by atoms with Crippen LogP contribution in [0.3, 0.4) is 0 Å². The van der Waals surface area contributed by atoms with E-state index < -0.39 is 5.91 Å². The minimum Gasteiger partial charge on any atom is -0.497 e. The van der Waals surface area contributed by atoms with E-state index in [9.17, 15) is 4.79 Å². The zero-order valence-electron chi connectivity index (χ0n) is 8.75. The molecule has 2 rings (SSSR count). The predicted octanol–water partition coefficient (Wildman–Crippen LogP) is 0.980. The van der Waals surface area contributed by atoms with Gasteiger partial charge in [-0.1, -0.05) is 0 Å². The number of imidazole rings is 1. The van der Waals surface area contributed by atoms with Gasteiger partial charge in [0.05, 0.1) is 7.11 Å². The minimum absolute atomic E-state index is 0.246. The zero-order chi connectivity index (χ0) is 11.5. The topological polar surface area (TPSA) is 70.1 Å². The second kappa shape index (κ2) is 4.06. The summed E-state index contributed by atoms with van der Waals surface area (Å²) in [5.41, 5.74) is 6.25. The van der Waals surface area contributed by atoms with Crippen molar-refractivity contribution in [1.29, 1.82) is 0 Å². The van der Waals surface area contributed by atoms with Crippen molar-refractivity contribution in [3.8, 4) is 11.4 Å². The number of benzene rings is 1. The highest BCUT2D eigenvalue weighted by Crippen LogP contribution is 2.14. The maximum Gasteiger partial charge on any atom is 0.268 e. The lowest BCUT2D eigenvalue weighted by Crippen LogP contribution is -2.10. The largest absolute Gasteiger partial charge is 0.497 e. The van der Waals surface area contributed by atoms with E-state index >= 15 is 0 Å². The predicted molar refractivity (Wildman–Crippen MR) is 58.6 cm³/mol. The van der Waals surface area contributed by atoms with E-state index in [1.165, 1.54) is 0 Å². The van der Waals surface area contributed by atoms with Crippen molar-refractivity contribution in [2.24, 2.45) is 5.73 Å². The molecule has 0 aliphatic heterocycles. The molecule has 1 amide bonds. The maximum absolute atomic E-state index is 10.9. The van der Waals surface area contributed by atoms with E-state index in [0.717, 1.165) is 11.4 Å². The molecular weight excluding hydrogens is 206 g/mol. The molecule has 16 heavy (non-hydrogen) atoms. The summed E-state index contributed by atoms with van der Waals surface area (Å²) in [6.45, 7) is 0. The second-order valence-electron chi connectivity index (χ2n) is 3.23. The van der Waals surface area contributed by atoms with Gasteiger partial charge in [0.25, 0.3) is 5.91 Å². The van der Waals surface area contributed by atoms with Gasteiger partial charge in [-0.3, -0.25) is 4.79 Å². The number of carbonyl (C=O) groups is 1. The van der Waals surface area contributed by atoms with E-state index in [-0.39, 0.29) is 5.69 Å². The highest BCUT2D eigenvalue weighted by molar-refractivity contribution is 5.90. The molecule has 0 saturated carbocycles. The number of hydrogen-bond acceptors (Lipinski definition) is 3. The Bertz CT molecular complexity index is 502. The number of rotatable bonds is 3. The van der Waals surface area contributed by atoms with Crippen LogP contribution >= 0.6 is 0 Å². The van der Waals surface area contributed by atoms with Crippen molar-refractivity contribution >= 4 is 5.91 Å². The Balaban J connectivity index is 2.31. The summed E-state index contributed by atoms with van der Waals surface area (Å²) in [5, 5.41) is 0. The molecule has 0 fully saturated rings. The molecule has 2 N–H and O–H groups in total. The van der Waals surface area contributed by atoms with Gasteiger partial charge in [-0.05, 0) is 24.3 Å². The van der Waals surface area contributed by atoms with Crippen molar-refractivity contribution in [2.45, 2.75) is 0 Å². The van der Waals surface area contributed by atoms with E-state index in [0.29, 0.717) is 0 Å². The van der Waals surface area contributed by atoms with Crippen molar-refractivity contribution in [3.05, 3.63) is 42.5 Å². The number of nitrogens with zero attached hydrogens (tertiary/aromatic N) is 2. The SMILES string of the molecule is COc1ccc(-n2cnc(C(N)=O)c2)cc1. The monoisotopic (exact) mass is 217 g/mol. The van der Waals surface area contributed by atoms with E-state index in [4.69, 9.17) is 10.5 Å². The molecule has 0 aliphatic rings. The molecule has 82 valence electrons. The van der Waals surface area contributed by atoms with Gasteiger partial charge < -0.3 is 15.0 Å². The fourth-order valence-corrected chi connectivity index (χ4v) is 1.35. The Hall–Kier alpha value is -2.30. The smallest absolute Gasteiger partial charge is 0.268 e. The van der Waals surface area contributed by atoms with Crippen LogP contribution in [-0.4, -0.2) is 22.6 Å². The average Bonchev–Trinajstić information content (AvgIpc) is 2.78. The van der Waals surface area contributed by atoms with Gasteiger partial charge >= 0.3 is 0 Å². The van der Waals surface area contributed by atoms with Crippen LogP contribution < -0.4 is 10.5 Å². The summed E-state index contributed by atoms with van der Waals surface area (Å²) >= 11 is 0. The normalized spacial score (nSPS) is 10.1. The summed E-state index contributed by atoms with van der Waals surface area (Å²) in [6, 6.07) is 7.40. The molecule has 0 aliphatic carbocycles. The van der Waals surface area contributed by atoms with Crippen LogP contribution in [0, 0.1) is 0 Å². The van der Waals surface area contributed by atoms with Gasteiger partial charge in [0, 0.05) is 11.9 Å². The van der Waals surface area contributed by atoms with Gasteiger partial charge in [-0.25, -0.2) is 4.98 Å². The molecule has 1 heterocycles. The van der Waals surface area contributed by atoms with Crippen molar-refractivity contribution in [2.75, 3.05) is 7.11 Å². The number of amides is 1. The van der Waals surface area contributed by atoms with Gasteiger partial charge in [0.2, 0.25) is 0 Å². The third kappa shape index (κ3) is 1.88. The Labute approximate surface area is 92.5 Å². The van der Waals surface area contributed by atoms with Crippen LogP contribution in [0.4, 0.5) is 0 Å². The van der Waals surface area contributed by atoms with E-state index in [1.807, 2.05) is 24.3 Å². The lowest BCUT2D eigenvalue weighted by Gasteiger charge is -2.03. The fourth-order valence-electron chi connectivity index (χ4n) is 1.35. The first-order valence-corrected chi connectivity index (χ1v) is 4.69. The summed E-state index contributed by atoms with van der Waals surface area (Å²) in [4.78, 5) is 14.8. The van der Waals surface area contributed by atoms with Crippen LogP contribution in [-0.2, 0) is 0 Å². The summed E-state index contributed by atoms with van der Waals surface area (Å²) < 4.78 is 6.77. The van der Waals surface area contributed by atoms with Gasteiger partial charge in [-0.15, -0.1) is 0 Å². The molecule has 2 aromatic rings. The van der Waals surface area contributed by atoms with Crippen LogP contribution in [0.25, 0.3) is 5.69 Å². The lowest BCUT2D eigenvalue weighted by atomic mass is 10.3. The third-order valence-electron chi connectivity index (χ3n) is 2.21. The Morgan fingerprint density at radius 2 is 2.06 bits per heavy atom. The molecule has 0 unspecified atom stereocenters. The molecular formula is C11H11N3O2. The molecule has 1 aromatic carbocycles. The Morgan fingerprint density at radius 3 is 2.56 bits per heavy atom. The number of ether oxygens (including phenoxy) is 1. The highest BCUT2D eigenvalue weighted by atomic mass is 16.5. The molecule has 1 aromatic heterocycles.